The predicted octanol–water partition coefficient (Wildman–Crippen LogP) is 2.03. The Morgan fingerprint density at radius 2 is 1.91 bits per heavy atom. The van der Waals surface area contributed by atoms with Crippen LogP contribution in [-0.2, 0) is 14.4 Å². The molecule has 0 fully saturated rings. The van der Waals surface area contributed by atoms with Crippen molar-refractivity contribution in [3.63, 3.8) is 0 Å². The van der Waals surface area contributed by atoms with E-state index in [0.29, 0.717) is 13.0 Å². The van der Waals surface area contributed by atoms with Gasteiger partial charge in [-0.2, -0.15) is 0 Å². The number of halogens is 2. The lowest BCUT2D eigenvalue weighted by atomic mass is 10.1. The highest BCUT2D eigenvalue weighted by Gasteiger charge is 2.23. The third-order valence-corrected chi connectivity index (χ3v) is 3.32. The highest BCUT2D eigenvalue weighted by Crippen LogP contribution is 2.20. The molecule has 1 unspecified atom stereocenters. The summed E-state index contributed by atoms with van der Waals surface area (Å²) >= 11 is 5.55. The van der Waals surface area contributed by atoms with E-state index in [-0.39, 0.29) is 29.3 Å². The van der Waals surface area contributed by atoms with Gasteiger partial charge in [0, 0.05) is 19.4 Å². The maximum absolute atomic E-state index is 13.4. The molecule has 0 spiro atoms. The number of nitrogens with one attached hydrogen (secondary N) is 2. The van der Waals surface area contributed by atoms with E-state index >= 15 is 0 Å². The molecular formula is C15H18ClFN2O4. The first-order valence-corrected chi connectivity index (χ1v) is 7.46. The number of hydrogen-bond donors (Lipinski definition) is 3. The molecular weight excluding hydrogens is 327 g/mol. The molecule has 1 rings (SSSR count). The van der Waals surface area contributed by atoms with E-state index < -0.39 is 23.7 Å². The van der Waals surface area contributed by atoms with E-state index in [1.54, 1.807) is 6.92 Å². The monoisotopic (exact) mass is 344 g/mol. The van der Waals surface area contributed by atoms with Gasteiger partial charge in [-0.25, -0.2) is 9.18 Å². The summed E-state index contributed by atoms with van der Waals surface area (Å²) in [5.41, 5.74) is 0.0801. The molecule has 0 saturated carbocycles. The Bertz CT molecular complexity index is 595. The summed E-state index contributed by atoms with van der Waals surface area (Å²) in [5.74, 6) is -2.78. The molecule has 1 aromatic rings. The number of carboxylic acid groups (broad SMARTS) is 1. The van der Waals surface area contributed by atoms with Gasteiger partial charge in [-0.15, -0.1) is 0 Å². The molecule has 0 bridgehead atoms. The lowest BCUT2D eigenvalue weighted by molar-refractivity contribution is -0.142. The summed E-state index contributed by atoms with van der Waals surface area (Å²) in [6.07, 6.45) is 0.463. The van der Waals surface area contributed by atoms with Gasteiger partial charge in [0.2, 0.25) is 11.8 Å². The van der Waals surface area contributed by atoms with Gasteiger partial charge in [0.05, 0.1) is 5.02 Å². The van der Waals surface area contributed by atoms with Crippen LogP contribution in [0.2, 0.25) is 5.02 Å². The number of carboxylic acids is 1. The highest BCUT2D eigenvalue weighted by molar-refractivity contribution is 6.30. The zero-order valence-electron chi connectivity index (χ0n) is 12.6. The fourth-order valence-electron chi connectivity index (χ4n) is 1.91. The average Bonchev–Trinajstić information content (AvgIpc) is 2.48. The van der Waals surface area contributed by atoms with Crippen LogP contribution in [0.1, 0.15) is 37.8 Å². The van der Waals surface area contributed by atoms with Gasteiger partial charge in [-0.05, 0) is 31.0 Å². The number of carbonyl (C=O) groups excluding carboxylic acids is 2. The van der Waals surface area contributed by atoms with Crippen molar-refractivity contribution in [1.29, 1.82) is 0 Å². The van der Waals surface area contributed by atoms with Gasteiger partial charge in [-0.3, -0.25) is 9.59 Å². The van der Waals surface area contributed by atoms with Gasteiger partial charge < -0.3 is 15.7 Å². The first-order valence-electron chi connectivity index (χ1n) is 7.09. The molecule has 23 heavy (non-hydrogen) atoms. The van der Waals surface area contributed by atoms with Crippen LogP contribution in [0.25, 0.3) is 0 Å². The predicted molar refractivity (Wildman–Crippen MR) is 82.5 cm³/mol. The fraction of sp³-hybridized carbons (Fsp3) is 0.400. The molecule has 0 aliphatic rings. The maximum Gasteiger partial charge on any atom is 0.330 e. The van der Waals surface area contributed by atoms with Crippen LogP contribution in [0, 0.1) is 5.82 Å². The fourth-order valence-corrected chi connectivity index (χ4v) is 2.03. The average molecular weight is 345 g/mol. The van der Waals surface area contributed by atoms with E-state index in [2.05, 4.69) is 10.6 Å². The third-order valence-electron chi connectivity index (χ3n) is 3.01. The molecule has 126 valence electrons. The summed E-state index contributed by atoms with van der Waals surface area (Å²) in [7, 11) is 0. The molecule has 3 N–H and O–H groups in total. The second kappa shape index (κ2) is 9.09. The van der Waals surface area contributed by atoms with Gasteiger partial charge in [0.15, 0.2) is 6.04 Å². The van der Waals surface area contributed by atoms with Crippen molar-refractivity contribution in [2.45, 2.75) is 32.2 Å². The lowest BCUT2D eigenvalue weighted by Gasteiger charge is -2.15. The maximum atomic E-state index is 13.4. The van der Waals surface area contributed by atoms with Crippen LogP contribution in [0.15, 0.2) is 18.2 Å². The second-order valence-electron chi connectivity index (χ2n) is 4.82. The van der Waals surface area contributed by atoms with Crippen molar-refractivity contribution in [3.05, 3.63) is 34.6 Å². The Balaban J connectivity index is 2.62. The molecule has 0 aliphatic carbocycles. The summed E-state index contributed by atoms with van der Waals surface area (Å²) < 4.78 is 13.4. The van der Waals surface area contributed by atoms with E-state index in [1.807, 2.05) is 0 Å². The molecule has 0 radical (unpaired) electrons. The van der Waals surface area contributed by atoms with Crippen LogP contribution in [-0.4, -0.2) is 29.4 Å². The van der Waals surface area contributed by atoms with Crippen LogP contribution in [0.4, 0.5) is 4.39 Å². The first kappa shape index (κ1) is 18.9. The summed E-state index contributed by atoms with van der Waals surface area (Å²) in [4.78, 5) is 34.3. The van der Waals surface area contributed by atoms with E-state index in [1.165, 1.54) is 12.1 Å². The Kier molecular flexibility index (Phi) is 7.47. The van der Waals surface area contributed by atoms with Crippen molar-refractivity contribution in [3.8, 4) is 0 Å². The molecule has 0 aromatic heterocycles. The molecule has 2 amide bonds. The number of amides is 2. The molecule has 8 heteroatoms. The van der Waals surface area contributed by atoms with Crippen molar-refractivity contribution in [2.24, 2.45) is 0 Å². The van der Waals surface area contributed by atoms with Gasteiger partial charge in [0.1, 0.15) is 5.82 Å². The minimum absolute atomic E-state index is 0.00299. The van der Waals surface area contributed by atoms with Crippen molar-refractivity contribution < 1.29 is 23.9 Å². The van der Waals surface area contributed by atoms with E-state index in [9.17, 15) is 23.9 Å². The van der Waals surface area contributed by atoms with Crippen LogP contribution in [0.3, 0.4) is 0 Å². The molecule has 1 aromatic carbocycles. The number of hydrogen-bond acceptors (Lipinski definition) is 3. The topological polar surface area (TPSA) is 95.5 Å². The smallest absolute Gasteiger partial charge is 0.330 e. The quantitative estimate of drug-likeness (QED) is 0.672. The van der Waals surface area contributed by atoms with Crippen LogP contribution < -0.4 is 10.6 Å². The number of aliphatic carboxylic acids is 1. The van der Waals surface area contributed by atoms with Crippen LogP contribution >= 0.6 is 11.6 Å². The Morgan fingerprint density at radius 1 is 1.26 bits per heavy atom. The first-order chi connectivity index (χ1) is 10.8. The number of benzene rings is 1. The minimum atomic E-state index is -1.38. The summed E-state index contributed by atoms with van der Waals surface area (Å²) in [5, 5.41) is 14.0. The van der Waals surface area contributed by atoms with Crippen LogP contribution in [0.5, 0.6) is 0 Å². The van der Waals surface area contributed by atoms with Crippen molar-refractivity contribution in [2.75, 3.05) is 6.54 Å². The lowest BCUT2D eigenvalue weighted by Crippen LogP contribution is -2.34. The van der Waals surface area contributed by atoms with Gasteiger partial charge >= 0.3 is 5.97 Å². The Hall–Kier alpha value is -2.15. The van der Waals surface area contributed by atoms with E-state index in [0.717, 1.165) is 6.07 Å². The van der Waals surface area contributed by atoms with E-state index in [4.69, 9.17) is 11.6 Å². The van der Waals surface area contributed by atoms with Gasteiger partial charge in [0.25, 0.3) is 0 Å². The largest absolute Gasteiger partial charge is 0.479 e. The normalized spacial score (nSPS) is 11.6. The molecule has 6 nitrogen and oxygen atoms in total. The molecule has 0 saturated heterocycles. The van der Waals surface area contributed by atoms with Crippen molar-refractivity contribution >= 4 is 29.4 Å². The Labute approximate surface area is 138 Å². The zero-order valence-corrected chi connectivity index (χ0v) is 13.3. The highest BCUT2D eigenvalue weighted by atomic mass is 35.5. The second-order valence-corrected chi connectivity index (χ2v) is 5.23. The van der Waals surface area contributed by atoms with Crippen molar-refractivity contribution in [1.82, 2.24) is 10.6 Å². The summed E-state index contributed by atoms with van der Waals surface area (Å²) in [6.45, 7) is 2.29. The molecule has 0 aliphatic heterocycles. The minimum Gasteiger partial charge on any atom is -0.479 e. The third kappa shape index (κ3) is 6.23. The SMILES string of the molecule is CCNC(=O)CCCC(=O)NC(C(=O)O)c1ccc(Cl)c(F)c1. The zero-order chi connectivity index (χ0) is 17.4. The van der Waals surface area contributed by atoms with Gasteiger partial charge in [-0.1, -0.05) is 17.7 Å². The number of carbonyl (C=O) groups is 3. The molecule has 1 atom stereocenters. The Morgan fingerprint density at radius 3 is 2.48 bits per heavy atom. The summed E-state index contributed by atoms with van der Waals surface area (Å²) in [6, 6.07) is 2.15. The standard InChI is InChI=1S/C15H18ClFN2O4/c1-2-18-12(20)4-3-5-13(21)19-14(15(22)23)9-6-7-10(16)11(17)8-9/h6-8,14H,2-5H2,1H3,(H,18,20)(H,19,21)(H,22,23). The molecule has 0 heterocycles. The number of rotatable bonds is 8.